The van der Waals surface area contributed by atoms with E-state index in [2.05, 4.69) is 5.32 Å². The summed E-state index contributed by atoms with van der Waals surface area (Å²) in [4.78, 5) is 26.7. The van der Waals surface area contributed by atoms with E-state index in [1.807, 2.05) is 6.07 Å². The van der Waals surface area contributed by atoms with E-state index in [0.717, 1.165) is 0 Å². The summed E-state index contributed by atoms with van der Waals surface area (Å²) in [5.74, 6) is 0.208. The van der Waals surface area contributed by atoms with Gasteiger partial charge in [-0.15, -0.1) is 0 Å². The van der Waals surface area contributed by atoms with Gasteiger partial charge in [-0.25, -0.2) is 4.21 Å². The summed E-state index contributed by atoms with van der Waals surface area (Å²) in [6.45, 7) is 3.00. The Hall–Kier alpha value is -1.93. The highest BCUT2D eigenvalue weighted by Crippen LogP contribution is 2.31. The van der Waals surface area contributed by atoms with Gasteiger partial charge in [-0.2, -0.15) is 0 Å². The molecule has 2 fully saturated rings. The van der Waals surface area contributed by atoms with Gasteiger partial charge in [0.25, 0.3) is 5.91 Å². The number of carbonyl (C=O) groups excluding carboxylic acids is 2. The zero-order chi connectivity index (χ0) is 18.8. The van der Waals surface area contributed by atoms with Crippen molar-refractivity contribution in [3.63, 3.8) is 0 Å². The Bertz CT molecular complexity index is 765. The van der Waals surface area contributed by atoms with Crippen LogP contribution in [0.15, 0.2) is 30.3 Å². The molecule has 1 unspecified atom stereocenters. The highest BCUT2D eigenvalue weighted by molar-refractivity contribution is 7.92. The van der Waals surface area contributed by atoms with E-state index in [1.165, 1.54) is 0 Å². The van der Waals surface area contributed by atoms with E-state index >= 15 is 0 Å². The second kappa shape index (κ2) is 7.36. The van der Waals surface area contributed by atoms with Crippen LogP contribution in [0.1, 0.15) is 30.1 Å². The van der Waals surface area contributed by atoms with Crippen molar-refractivity contribution in [2.24, 2.45) is 0 Å². The summed E-state index contributed by atoms with van der Waals surface area (Å²) in [6.07, 6.45) is 1.06. The molecule has 3 rings (SSSR count). The van der Waals surface area contributed by atoms with E-state index in [-0.39, 0.29) is 11.8 Å². The molecule has 0 bridgehead atoms. The number of hydrogen-bond acceptors (Lipinski definition) is 5. The van der Waals surface area contributed by atoms with E-state index in [0.29, 0.717) is 49.6 Å². The molecule has 2 aliphatic heterocycles. The molecule has 2 heterocycles. The average molecular weight is 379 g/mol. The van der Waals surface area contributed by atoms with Crippen LogP contribution in [-0.2, 0) is 19.3 Å². The monoisotopic (exact) mass is 379 g/mol. The molecule has 7 nitrogen and oxygen atoms in total. The largest absolute Gasteiger partial charge is 0.371 e. The zero-order valence-corrected chi connectivity index (χ0v) is 15.7. The van der Waals surface area contributed by atoms with Gasteiger partial charge in [0.15, 0.2) is 0 Å². The predicted octanol–water partition coefficient (Wildman–Crippen LogP) is 1.24. The van der Waals surface area contributed by atoms with Crippen molar-refractivity contribution in [2.45, 2.75) is 31.4 Å². The number of nitrogens with zero attached hydrogens (tertiary/aromatic N) is 1. The van der Waals surface area contributed by atoms with Gasteiger partial charge in [-0.1, -0.05) is 18.2 Å². The summed E-state index contributed by atoms with van der Waals surface area (Å²) in [6, 6.07) is 8.16. The average Bonchev–Trinajstić information content (AvgIpc) is 2.65. The fourth-order valence-corrected chi connectivity index (χ4v) is 5.08. The molecule has 1 atom stereocenters. The molecule has 2 N–H and O–H groups in total. The number of benzene rings is 1. The maximum atomic E-state index is 12.8. The highest BCUT2D eigenvalue weighted by atomic mass is 32.2. The number of hydrogen-bond donors (Lipinski definition) is 2. The van der Waals surface area contributed by atoms with Crippen LogP contribution in [0.4, 0.5) is 0 Å². The normalized spacial score (nSPS) is 30.0. The van der Waals surface area contributed by atoms with Crippen LogP contribution in [0.25, 0.3) is 0 Å². The Morgan fingerprint density at radius 2 is 1.92 bits per heavy atom. The molecule has 142 valence electrons. The SMILES string of the molecule is CC(NC(=O)c1ccccc1)C(=O)N1CCOC2(CCS(=N)(=O)CC2)C1. The van der Waals surface area contributed by atoms with Crippen molar-refractivity contribution in [3.05, 3.63) is 35.9 Å². The number of ether oxygens (including phenoxy) is 1. The summed E-state index contributed by atoms with van der Waals surface area (Å²) in [7, 11) is -2.50. The van der Waals surface area contributed by atoms with Crippen molar-refractivity contribution in [3.8, 4) is 0 Å². The maximum Gasteiger partial charge on any atom is 0.251 e. The molecular weight excluding hydrogens is 354 g/mol. The Morgan fingerprint density at radius 3 is 2.58 bits per heavy atom. The van der Waals surface area contributed by atoms with Gasteiger partial charge in [0.2, 0.25) is 5.91 Å². The molecule has 1 spiro atoms. The first-order valence-electron chi connectivity index (χ1n) is 8.83. The van der Waals surface area contributed by atoms with Gasteiger partial charge in [0, 0.05) is 39.9 Å². The molecule has 0 radical (unpaired) electrons. The van der Waals surface area contributed by atoms with Crippen molar-refractivity contribution < 1.29 is 18.5 Å². The number of amides is 2. The van der Waals surface area contributed by atoms with Gasteiger partial charge in [0.1, 0.15) is 6.04 Å². The second-order valence-corrected chi connectivity index (χ2v) is 9.51. The van der Waals surface area contributed by atoms with Crippen LogP contribution in [0.3, 0.4) is 0 Å². The van der Waals surface area contributed by atoms with Gasteiger partial charge >= 0.3 is 0 Å². The van der Waals surface area contributed by atoms with Gasteiger partial charge in [-0.3, -0.25) is 14.4 Å². The van der Waals surface area contributed by atoms with Crippen molar-refractivity contribution in [1.82, 2.24) is 10.2 Å². The zero-order valence-electron chi connectivity index (χ0n) is 14.9. The lowest BCUT2D eigenvalue weighted by atomic mass is 9.94. The summed E-state index contributed by atoms with van der Waals surface area (Å²) >= 11 is 0. The third kappa shape index (κ3) is 4.24. The first-order valence-corrected chi connectivity index (χ1v) is 10.7. The molecule has 2 saturated heterocycles. The smallest absolute Gasteiger partial charge is 0.251 e. The highest BCUT2D eigenvalue weighted by Gasteiger charge is 2.42. The molecule has 1 aromatic carbocycles. The Kier molecular flexibility index (Phi) is 5.34. The standard InChI is InChI=1S/C18H25N3O4S/c1-14(20-16(22)15-5-3-2-4-6-15)17(23)21-9-10-25-18(13-21)7-11-26(19,24)12-8-18/h2-6,14,19H,7-13H2,1H3,(H,20,22). The molecule has 2 aliphatic rings. The number of rotatable bonds is 3. The van der Waals surface area contributed by atoms with Crippen LogP contribution in [0.5, 0.6) is 0 Å². The molecule has 0 aromatic heterocycles. The Labute approximate surface area is 154 Å². The lowest BCUT2D eigenvalue weighted by Gasteiger charge is -2.45. The minimum atomic E-state index is -2.50. The van der Waals surface area contributed by atoms with E-state index < -0.39 is 21.4 Å². The molecule has 26 heavy (non-hydrogen) atoms. The fourth-order valence-electron chi connectivity index (χ4n) is 3.47. The summed E-state index contributed by atoms with van der Waals surface area (Å²) < 4.78 is 25.5. The van der Waals surface area contributed by atoms with Crippen LogP contribution < -0.4 is 5.32 Å². The maximum absolute atomic E-state index is 12.8. The fraction of sp³-hybridized carbons (Fsp3) is 0.556. The van der Waals surface area contributed by atoms with Gasteiger partial charge in [-0.05, 0) is 31.9 Å². The molecule has 0 saturated carbocycles. The van der Waals surface area contributed by atoms with E-state index in [4.69, 9.17) is 9.52 Å². The quantitative estimate of drug-likeness (QED) is 0.825. The topological polar surface area (TPSA) is 99.6 Å². The minimum absolute atomic E-state index is 0.144. The van der Waals surface area contributed by atoms with E-state index in [1.54, 1.807) is 36.1 Å². The minimum Gasteiger partial charge on any atom is -0.371 e. The number of nitrogens with one attached hydrogen (secondary N) is 2. The summed E-state index contributed by atoms with van der Waals surface area (Å²) in [5, 5.41) is 2.75. The first-order chi connectivity index (χ1) is 12.3. The van der Waals surface area contributed by atoms with Crippen molar-refractivity contribution in [2.75, 3.05) is 31.2 Å². The molecule has 2 amide bonds. The van der Waals surface area contributed by atoms with Crippen molar-refractivity contribution >= 4 is 21.5 Å². The van der Waals surface area contributed by atoms with Gasteiger partial charge < -0.3 is 15.0 Å². The molecule has 0 aliphatic carbocycles. The van der Waals surface area contributed by atoms with Crippen LogP contribution in [0, 0.1) is 4.78 Å². The number of carbonyl (C=O) groups is 2. The van der Waals surface area contributed by atoms with Crippen molar-refractivity contribution in [1.29, 1.82) is 4.78 Å². The molecular formula is C18H25N3O4S. The molecule has 8 heteroatoms. The Balaban J connectivity index is 1.61. The van der Waals surface area contributed by atoms with Gasteiger partial charge in [0.05, 0.1) is 12.2 Å². The third-order valence-electron chi connectivity index (χ3n) is 5.09. The predicted molar refractivity (Wildman–Crippen MR) is 98.5 cm³/mol. The lowest BCUT2D eigenvalue weighted by molar-refractivity contribution is -0.153. The Morgan fingerprint density at radius 1 is 1.27 bits per heavy atom. The third-order valence-corrected chi connectivity index (χ3v) is 6.82. The molecule has 1 aromatic rings. The summed E-state index contributed by atoms with van der Waals surface area (Å²) in [5.41, 5.74) is 0.0158. The van der Waals surface area contributed by atoms with Crippen LogP contribution in [-0.4, -0.2) is 63.8 Å². The van der Waals surface area contributed by atoms with Crippen LogP contribution in [0.2, 0.25) is 0 Å². The second-order valence-electron chi connectivity index (χ2n) is 7.07. The first kappa shape index (κ1) is 18.8. The van der Waals surface area contributed by atoms with Crippen LogP contribution >= 0.6 is 0 Å². The number of morpholine rings is 1. The van der Waals surface area contributed by atoms with E-state index in [9.17, 15) is 13.8 Å². The lowest BCUT2D eigenvalue weighted by Crippen LogP contribution is -2.59.